The number of carbonyl (C=O) groups excluding carboxylic acids is 2. The molecule has 1 heterocycles. The number of ether oxygens (including phenoxy) is 3. The third kappa shape index (κ3) is 4.29. The maximum absolute atomic E-state index is 11.2. The minimum Gasteiger partial charge on any atom is -0.454 e. The molecule has 1 unspecified atom stereocenters. The van der Waals surface area contributed by atoms with Crippen LogP contribution in [0.3, 0.4) is 0 Å². The Morgan fingerprint density at radius 3 is 2.67 bits per heavy atom. The van der Waals surface area contributed by atoms with Gasteiger partial charge in [-0.05, 0) is 12.8 Å². The van der Waals surface area contributed by atoms with E-state index in [9.17, 15) is 9.59 Å². The highest BCUT2D eigenvalue weighted by atomic mass is 16.7. The summed E-state index contributed by atoms with van der Waals surface area (Å²) in [4.78, 5) is 21.7. The number of carbonyl (C=O) groups is 2. The molecule has 0 aromatic rings. The summed E-state index contributed by atoms with van der Waals surface area (Å²) in [5, 5.41) is 0. The van der Waals surface area contributed by atoms with E-state index in [0.29, 0.717) is 13.0 Å². The van der Waals surface area contributed by atoms with E-state index < -0.39 is 17.7 Å². The fourth-order valence-corrected chi connectivity index (χ4v) is 1.42. The van der Waals surface area contributed by atoms with Crippen molar-refractivity contribution >= 4 is 11.9 Å². The van der Waals surface area contributed by atoms with E-state index in [4.69, 9.17) is 9.47 Å². The highest BCUT2D eigenvalue weighted by Gasteiger charge is 2.32. The van der Waals surface area contributed by atoms with Crippen molar-refractivity contribution in [2.75, 3.05) is 13.2 Å². The molecule has 0 N–H and O–H groups in total. The van der Waals surface area contributed by atoms with E-state index in [1.54, 1.807) is 6.92 Å². The normalized spacial score (nSPS) is 25.7. The first-order valence-corrected chi connectivity index (χ1v) is 5.01. The molecule has 0 aromatic heterocycles. The summed E-state index contributed by atoms with van der Waals surface area (Å²) in [5.41, 5.74) is 0. The largest absolute Gasteiger partial charge is 0.454 e. The Morgan fingerprint density at radius 1 is 1.40 bits per heavy atom. The molecule has 1 fully saturated rings. The van der Waals surface area contributed by atoms with Gasteiger partial charge in [0.2, 0.25) is 5.79 Å². The molecule has 1 aliphatic rings. The van der Waals surface area contributed by atoms with Crippen molar-refractivity contribution in [3.05, 3.63) is 0 Å². The van der Waals surface area contributed by atoms with Crippen molar-refractivity contribution in [2.45, 2.75) is 38.9 Å². The maximum atomic E-state index is 11.2. The van der Waals surface area contributed by atoms with Crippen molar-refractivity contribution in [3.8, 4) is 0 Å². The maximum Gasteiger partial charge on any atom is 0.346 e. The summed E-state index contributed by atoms with van der Waals surface area (Å²) in [7, 11) is 0. The first-order chi connectivity index (χ1) is 7.02. The summed E-state index contributed by atoms with van der Waals surface area (Å²) >= 11 is 0. The minimum atomic E-state index is -0.852. The third-order valence-electron chi connectivity index (χ3n) is 2.16. The highest BCUT2D eigenvalue weighted by Crippen LogP contribution is 2.25. The van der Waals surface area contributed by atoms with Gasteiger partial charge < -0.3 is 14.2 Å². The second kappa shape index (κ2) is 5.11. The van der Waals surface area contributed by atoms with Gasteiger partial charge in [0.05, 0.1) is 6.61 Å². The van der Waals surface area contributed by atoms with E-state index in [2.05, 4.69) is 4.74 Å². The summed E-state index contributed by atoms with van der Waals surface area (Å²) in [6.07, 6.45) is 2.63. The Bertz CT molecular complexity index is 242. The average molecular weight is 216 g/mol. The molecular formula is C10H16O5. The molecule has 5 nitrogen and oxygen atoms in total. The van der Waals surface area contributed by atoms with Gasteiger partial charge in [-0.15, -0.1) is 0 Å². The van der Waals surface area contributed by atoms with E-state index in [-0.39, 0.29) is 6.61 Å². The van der Waals surface area contributed by atoms with E-state index >= 15 is 0 Å². The molecule has 1 atom stereocenters. The van der Waals surface area contributed by atoms with Crippen LogP contribution in [0.2, 0.25) is 0 Å². The molecule has 5 heteroatoms. The number of hydrogen-bond acceptors (Lipinski definition) is 5. The Hall–Kier alpha value is -1.10. The van der Waals surface area contributed by atoms with Gasteiger partial charge in [0.15, 0.2) is 6.61 Å². The van der Waals surface area contributed by atoms with Crippen molar-refractivity contribution in [1.29, 1.82) is 0 Å². The second-order valence-electron chi connectivity index (χ2n) is 3.69. The zero-order valence-corrected chi connectivity index (χ0v) is 9.08. The quantitative estimate of drug-likeness (QED) is 0.659. The van der Waals surface area contributed by atoms with Gasteiger partial charge in [-0.3, -0.25) is 4.79 Å². The van der Waals surface area contributed by atoms with Crippen LogP contribution in [-0.2, 0) is 23.8 Å². The second-order valence-corrected chi connectivity index (χ2v) is 3.69. The smallest absolute Gasteiger partial charge is 0.346 e. The molecule has 15 heavy (non-hydrogen) atoms. The minimum absolute atomic E-state index is 0.353. The molecule has 0 aromatic carbocycles. The summed E-state index contributed by atoms with van der Waals surface area (Å²) in [6, 6.07) is 0. The topological polar surface area (TPSA) is 61.8 Å². The molecule has 0 spiro atoms. The highest BCUT2D eigenvalue weighted by molar-refractivity contribution is 5.75. The van der Waals surface area contributed by atoms with Gasteiger partial charge in [0.25, 0.3) is 0 Å². The van der Waals surface area contributed by atoms with Gasteiger partial charge in [-0.25, -0.2) is 4.79 Å². The van der Waals surface area contributed by atoms with Gasteiger partial charge >= 0.3 is 11.9 Å². The predicted molar refractivity (Wildman–Crippen MR) is 50.9 cm³/mol. The lowest BCUT2D eigenvalue weighted by Gasteiger charge is -2.32. The molecule has 1 saturated heterocycles. The van der Waals surface area contributed by atoms with E-state index in [1.165, 1.54) is 6.92 Å². The SMILES string of the molecule is CC(=O)OCC(=O)OC1(C)CCCCO1. The lowest BCUT2D eigenvalue weighted by Crippen LogP contribution is -2.39. The summed E-state index contributed by atoms with van der Waals surface area (Å²) in [6.45, 7) is 3.20. The molecular weight excluding hydrogens is 200 g/mol. The molecule has 0 bridgehead atoms. The number of rotatable bonds is 3. The van der Waals surface area contributed by atoms with E-state index in [1.807, 2.05) is 0 Å². The summed E-state index contributed by atoms with van der Waals surface area (Å²) < 4.78 is 15.0. The van der Waals surface area contributed by atoms with Crippen LogP contribution in [-0.4, -0.2) is 30.9 Å². The lowest BCUT2D eigenvalue weighted by atomic mass is 10.1. The Kier molecular flexibility index (Phi) is 4.08. The molecule has 0 amide bonds. The molecule has 1 aliphatic heterocycles. The van der Waals surface area contributed by atoms with Crippen LogP contribution in [0.15, 0.2) is 0 Å². The first kappa shape index (κ1) is 12.0. The predicted octanol–water partition coefficient (Wildman–Crippen LogP) is 1.01. The van der Waals surface area contributed by atoms with Crippen LogP contribution < -0.4 is 0 Å². The van der Waals surface area contributed by atoms with Crippen LogP contribution >= 0.6 is 0 Å². The molecule has 0 radical (unpaired) electrons. The van der Waals surface area contributed by atoms with Gasteiger partial charge in [-0.2, -0.15) is 0 Å². The number of esters is 2. The Morgan fingerprint density at radius 2 is 2.13 bits per heavy atom. The van der Waals surface area contributed by atoms with Crippen LogP contribution in [0.4, 0.5) is 0 Å². The van der Waals surface area contributed by atoms with E-state index in [0.717, 1.165) is 12.8 Å². The average Bonchev–Trinajstić information content (AvgIpc) is 2.15. The van der Waals surface area contributed by atoms with Crippen LogP contribution in [0.5, 0.6) is 0 Å². The van der Waals surface area contributed by atoms with Gasteiger partial charge in [-0.1, -0.05) is 0 Å². The standard InChI is InChI=1S/C10H16O5/c1-8(11)13-7-9(12)15-10(2)5-3-4-6-14-10/h3-7H2,1-2H3. The fourth-order valence-electron chi connectivity index (χ4n) is 1.42. The molecule has 1 rings (SSSR count). The molecule has 86 valence electrons. The zero-order chi connectivity index (χ0) is 11.3. The van der Waals surface area contributed by atoms with Gasteiger partial charge in [0, 0.05) is 20.3 Å². The fraction of sp³-hybridized carbons (Fsp3) is 0.800. The van der Waals surface area contributed by atoms with Crippen LogP contribution in [0.1, 0.15) is 33.1 Å². The first-order valence-electron chi connectivity index (χ1n) is 5.01. The van der Waals surface area contributed by atoms with Crippen molar-refractivity contribution in [3.63, 3.8) is 0 Å². The Labute approximate surface area is 88.7 Å². The van der Waals surface area contributed by atoms with Crippen LogP contribution in [0.25, 0.3) is 0 Å². The lowest BCUT2D eigenvalue weighted by molar-refractivity contribution is -0.240. The third-order valence-corrected chi connectivity index (χ3v) is 2.16. The Balaban J connectivity index is 2.32. The van der Waals surface area contributed by atoms with Crippen LogP contribution in [0, 0.1) is 0 Å². The van der Waals surface area contributed by atoms with Crippen molar-refractivity contribution < 1.29 is 23.8 Å². The van der Waals surface area contributed by atoms with Crippen molar-refractivity contribution in [2.24, 2.45) is 0 Å². The number of hydrogen-bond donors (Lipinski definition) is 0. The van der Waals surface area contributed by atoms with Gasteiger partial charge in [0.1, 0.15) is 0 Å². The van der Waals surface area contributed by atoms with Crippen molar-refractivity contribution in [1.82, 2.24) is 0 Å². The molecule has 0 aliphatic carbocycles. The summed E-state index contributed by atoms with van der Waals surface area (Å²) in [5.74, 6) is -1.92. The molecule has 0 saturated carbocycles. The monoisotopic (exact) mass is 216 g/mol. The zero-order valence-electron chi connectivity index (χ0n) is 9.08.